The Kier molecular flexibility index (Phi) is 5.96. The number of ether oxygens (including phenoxy) is 2. The predicted octanol–water partition coefficient (Wildman–Crippen LogP) is 1.84. The summed E-state index contributed by atoms with van der Waals surface area (Å²) in [5, 5.41) is 35.8. The van der Waals surface area contributed by atoms with Gasteiger partial charge >= 0.3 is 5.97 Å². The van der Waals surface area contributed by atoms with Crippen LogP contribution in [0.1, 0.15) is 42.1 Å². The molecule has 2 aromatic carbocycles. The first-order chi connectivity index (χ1) is 16.1. The summed E-state index contributed by atoms with van der Waals surface area (Å²) in [4.78, 5) is 24.8. The maximum Gasteiger partial charge on any atom is 0.328 e. The molecule has 1 aliphatic heterocycles. The largest absolute Gasteiger partial charge is 0.482 e. The van der Waals surface area contributed by atoms with Gasteiger partial charge in [-0.15, -0.1) is 0 Å². The highest BCUT2D eigenvalue weighted by Crippen LogP contribution is 2.48. The summed E-state index contributed by atoms with van der Waals surface area (Å²) in [6.07, 6.45) is 0. The minimum absolute atomic E-state index is 0.0446. The van der Waals surface area contributed by atoms with Crippen LogP contribution in [-0.2, 0) is 22.7 Å². The summed E-state index contributed by atoms with van der Waals surface area (Å²) >= 11 is 0. The zero-order valence-corrected chi connectivity index (χ0v) is 18.6. The molecule has 9 heteroatoms. The molecule has 1 unspecified atom stereocenters. The van der Waals surface area contributed by atoms with Crippen molar-refractivity contribution in [1.29, 1.82) is 5.26 Å². The van der Waals surface area contributed by atoms with E-state index in [1.54, 1.807) is 24.3 Å². The summed E-state index contributed by atoms with van der Waals surface area (Å²) in [5.41, 5.74) is -0.471. The minimum Gasteiger partial charge on any atom is -0.482 e. The van der Waals surface area contributed by atoms with E-state index in [0.717, 1.165) is 10.2 Å². The van der Waals surface area contributed by atoms with E-state index in [2.05, 4.69) is 5.10 Å². The molecule has 2 N–H and O–H groups in total. The molecule has 0 bridgehead atoms. The van der Waals surface area contributed by atoms with Crippen molar-refractivity contribution in [2.45, 2.75) is 44.3 Å². The van der Waals surface area contributed by atoms with Crippen LogP contribution >= 0.6 is 0 Å². The average Bonchev–Trinajstić information content (AvgIpc) is 2.80. The van der Waals surface area contributed by atoms with Gasteiger partial charge in [-0.25, -0.2) is 4.68 Å². The molecule has 0 amide bonds. The van der Waals surface area contributed by atoms with Gasteiger partial charge in [0, 0.05) is 11.6 Å². The Morgan fingerprint density at radius 3 is 2.62 bits per heavy atom. The number of nitrogens with zero attached hydrogens (tertiary/aromatic N) is 3. The van der Waals surface area contributed by atoms with Crippen molar-refractivity contribution >= 4 is 5.97 Å². The van der Waals surface area contributed by atoms with Gasteiger partial charge in [0.15, 0.2) is 5.60 Å². The fourth-order valence-corrected chi connectivity index (χ4v) is 3.85. The monoisotopic (exact) mass is 461 g/mol. The molecule has 1 aliphatic rings. The van der Waals surface area contributed by atoms with Crippen molar-refractivity contribution in [3.63, 3.8) is 0 Å². The molecular weight excluding hydrogens is 438 g/mol. The molecule has 9 nitrogen and oxygen atoms in total. The van der Waals surface area contributed by atoms with Crippen molar-refractivity contribution in [2.24, 2.45) is 0 Å². The molecule has 1 atom stereocenters. The first kappa shape index (κ1) is 23.2. The average molecular weight is 461 g/mol. The van der Waals surface area contributed by atoms with Crippen LogP contribution in [0.2, 0.25) is 0 Å². The van der Waals surface area contributed by atoms with Crippen LogP contribution in [0, 0.1) is 11.3 Å². The van der Waals surface area contributed by atoms with Crippen molar-refractivity contribution in [2.75, 3.05) is 0 Å². The van der Waals surface area contributed by atoms with Crippen molar-refractivity contribution < 1.29 is 24.5 Å². The van der Waals surface area contributed by atoms with E-state index in [4.69, 9.17) is 9.47 Å². The molecule has 34 heavy (non-hydrogen) atoms. The second-order valence-corrected chi connectivity index (χ2v) is 8.54. The summed E-state index contributed by atoms with van der Waals surface area (Å²) < 4.78 is 11.9. The summed E-state index contributed by atoms with van der Waals surface area (Å²) in [6, 6.07) is 18.3. The molecule has 0 saturated carbocycles. The fraction of sp³-hybridized carbons (Fsp3) is 0.280. The zero-order valence-electron chi connectivity index (χ0n) is 18.6. The van der Waals surface area contributed by atoms with Gasteiger partial charge in [0.05, 0.1) is 23.2 Å². The molecule has 2 heterocycles. The molecule has 0 radical (unpaired) electrons. The number of esters is 1. The first-order valence-electron chi connectivity index (χ1n) is 10.6. The first-order valence-corrected chi connectivity index (χ1v) is 10.6. The van der Waals surface area contributed by atoms with E-state index >= 15 is 0 Å². The Hall–Kier alpha value is -4.00. The van der Waals surface area contributed by atoms with Crippen LogP contribution in [0.5, 0.6) is 5.75 Å². The Bertz CT molecular complexity index is 1320. The Balaban J connectivity index is 1.68. The van der Waals surface area contributed by atoms with E-state index in [1.807, 2.05) is 24.3 Å². The van der Waals surface area contributed by atoms with Crippen molar-refractivity contribution in [3.05, 3.63) is 93.4 Å². The number of aromatic nitrogens is 2. The molecule has 0 aliphatic carbocycles. The van der Waals surface area contributed by atoms with Crippen LogP contribution < -0.4 is 10.3 Å². The number of nitriles is 1. The second kappa shape index (κ2) is 8.74. The molecule has 3 aromatic rings. The molecular formula is C25H23N3O6. The van der Waals surface area contributed by atoms with Crippen molar-refractivity contribution in [3.8, 4) is 11.8 Å². The third kappa shape index (κ3) is 4.29. The highest BCUT2D eigenvalue weighted by molar-refractivity contribution is 5.69. The predicted molar refractivity (Wildman–Crippen MR) is 120 cm³/mol. The van der Waals surface area contributed by atoms with Crippen LogP contribution in [0.15, 0.2) is 65.5 Å². The Labute approximate surface area is 195 Å². The highest BCUT2D eigenvalue weighted by Gasteiger charge is 2.56. The van der Waals surface area contributed by atoms with Gasteiger partial charge in [-0.3, -0.25) is 9.59 Å². The lowest BCUT2D eigenvalue weighted by Crippen LogP contribution is -2.60. The number of fused-ring (bicyclic) bond motifs is 1. The third-order valence-corrected chi connectivity index (χ3v) is 5.81. The second-order valence-electron chi connectivity index (χ2n) is 8.54. The van der Waals surface area contributed by atoms with Crippen LogP contribution in [0.25, 0.3) is 0 Å². The number of hydrogen-bond donors (Lipinski definition) is 2. The quantitative estimate of drug-likeness (QED) is 0.434. The summed E-state index contributed by atoms with van der Waals surface area (Å²) in [7, 11) is 0. The van der Waals surface area contributed by atoms with Gasteiger partial charge in [0.1, 0.15) is 18.9 Å². The zero-order chi connectivity index (χ0) is 24.5. The van der Waals surface area contributed by atoms with Crippen LogP contribution in [0.4, 0.5) is 0 Å². The Morgan fingerprint density at radius 2 is 1.91 bits per heavy atom. The van der Waals surface area contributed by atoms with Gasteiger partial charge in [-0.1, -0.05) is 30.3 Å². The minimum atomic E-state index is -2.45. The lowest BCUT2D eigenvalue weighted by Gasteiger charge is -2.47. The van der Waals surface area contributed by atoms with Gasteiger partial charge < -0.3 is 19.7 Å². The maximum absolute atomic E-state index is 12.4. The topological polar surface area (TPSA) is 135 Å². The normalized spacial score (nSPS) is 17.7. The van der Waals surface area contributed by atoms with Gasteiger partial charge in [-0.05, 0) is 43.7 Å². The van der Waals surface area contributed by atoms with E-state index in [1.165, 1.54) is 32.0 Å². The number of benzene rings is 2. The number of carbonyl (C=O) groups is 1. The number of aliphatic hydroxyl groups is 2. The molecule has 0 fully saturated rings. The third-order valence-electron chi connectivity index (χ3n) is 5.81. The highest BCUT2D eigenvalue weighted by atomic mass is 16.6. The standard InChI is InChI=1S/C25H23N3O6/c1-24(2)25(31,32)23(18-12-17(13-26)8-10-20(18)34-24)19-9-11-21(29)28(27-19)14-22(30)33-15-16-6-4-3-5-7-16/h3-12,23,31-32H,14-15H2,1-2H3. The van der Waals surface area contributed by atoms with E-state index < -0.39 is 35.4 Å². The molecule has 174 valence electrons. The van der Waals surface area contributed by atoms with Gasteiger partial charge in [-0.2, -0.15) is 10.4 Å². The van der Waals surface area contributed by atoms with Crippen LogP contribution in [0.3, 0.4) is 0 Å². The number of rotatable bonds is 5. The smallest absolute Gasteiger partial charge is 0.328 e. The van der Waals surface area contributed by atoms with Crippen molar-refractivity contribution in [1.82, 2.24) is 9.78 Å². The maximum atomic E-state index is 12.4. The number of hydrogen-bond acceptors (Lipinski definition) is 8. The van der Waals surface area contributed by atoms with E-state index in [9.17, 15) is 25.1 Å². The lowest BCUT2D eigenvalue weighted by atomic mass is 9.76. The molecule has 0 saturated heterocycles. The Morgan fingerprint density at radius 1 is 1.18 bits per heavy atom. The summed E-state index contributed by atoms with van der Waals surface area (Å²) in [6.45, 7) is 2.61. The molecule has 0 spiro atoms. The van der Waals surface area contributed by atoms with E-state index in [-0.39, 0.29) is 12.3 Å². The van der Waals surface area contributed by atoms with Gasteiger partial charge in [0.2, 0.25) is 5.79 Å². The fourth-order valence-electron chi connectivity index (χ4n) is 3.85. The van der Waals surface area contributed by atoms with Gasteiger partial charge in [0.25, 0.3) is 5.56 Å². The summed E-state index contributed by atoms with van der Waals surface area (Å²) in [5.74, 6) is -3.92. The molecule has 4 rings (SSSR count). The van der Waals surface area contributed by atoms with E-state index in [0.29, 0.717) is 16.9 Å². The molecule has 1 aromatic heterocycles. The number of carbonyl (C=O) groups excluding carboxylic acids is 1. The van der Waals surface area contributed by atoms with Crippen LogP contribution in [-0.4, -0.2) is 37.4 Å². The SMILES string of the molecule is CC1(C)Oc2ccc(C#N)cc2C(c2ccc(=O)n(CC(=O)OCc3ccccc3)n2)C1(O)O. The lowest BCUT2D eigenvalue weighted by molar-refractivity contribution is -0.269.